The monoisotopic (exact) mass is 419 g/mol. The summed E-state index contributed by atoms with van der Waals surface area (Å²) in [5.74, 6) is 1.28. The third-order valence-electron chi connectivity index (χ3n) is 5.24. The first-order valence-electron chi connectivity index (χ1n) is 10.2. The lowest BCUT2D eigenvalue weighted by Gasteiger charge is -2.29. The molecule has 1 saturated heterocycles. The maximum absolute atomic E-state index is 11.8. The first kappa shape index (κ1) is 22.1. The van der Waals surface area contributed by atoms with Crippen LogP contribution in [0.15, 0.2) is 17.2 Å². The third-order valence-corrected chi connectivity index (χ3v) is 6.18. The molecule has 3 rings (SSSR count). The van der Waals surface area contributed by atoms with Gasteiger partial charge in [0.2, 0.25) is 5.12 Å². The molecular formula is C21H29N3O4S. The van der Waals surface area contributed by atoms with Crippen molar-refractivity contribution in [2.45, 2.75) is 44.6 Å². The maximum Gasteiger partial charge on any atom is 0.201 e. The zero-order valence-electron chi connectivity index (χ0n) is 16.9. The summed E-state index contributed by atoms with van der Waals surface area (Å²) in [4.78, 5) is 32.7. The Bertz CT molecular complexity index is 732. The third kappa shape index (κ3) is 7.29. The Morgan fingerprint density at radius 3 is 2.76 bits per heavy atom. The lowest BCUT2D eigenvalue weighted by molar-refractivity contribution is -0.119. The molecule has 0 unspecified atom stereocenters. The van der Waals surface area contributed by atoms with Crippen molar-refractivity contribution in [1.29, 1.82) is 0 Å². The van der Waals surface area contributed by atoms with Crippen molar-refractivity contribution < 1.29 is 19.1 Å². The smallest absolute Gasteiger partial charge is 0.201 e. The van der Waals surface area contributed by atoms with Crippen LogP contribution in [0.2, 0.25) is 0 Å². The van der Waals surface area contributed by atoms with E-state index >= 15 is 0 Å². The summed E-state index contributed by atoms with van der Waals surface area (Å²) in [6.07, 6.45) is 8.89. The molecule has 0 atom stereocenters. The summed E-state index contributed by atoms with van der Waals surface area (Å²) in [7, 11) is 1.68. The molecule has 2 aliphatic rings. The van der Waals surface area contributed by atoms with E-state index < -0.39 is 0 Å². The second kappa shape index (κ2) is 11.5. The fraction of sp³-hybridized carbons (Fsp3) is 0.619. The minimum absolute atomic E-state index is 0.00893. The van der Waals surface area contributed by atoms with Crippen molar-refractivity contribution in [2.24, 2.45) is 5.92 Å². The molecule has 0 aromatic carbocycles. The molecule has 1 aliphatic heterocycles. The van der Waals surface area contributed by atoms with E-state index in [4.69, 9.17) is 9.47 Å². The van der Waals surface area contributed by atoms with Crippen molar-refractivity contribution in [2.75, 3.05) is 33.5 Å². The Labute approximate surface area is 176 Å². The summed E-state index contributed by atoms with van der Waals surface area (Å²) >= 11 is 1.01. The van der Waals surface area contributed by atoms with E-state index in [0.717, 1.165) is 56.2 Å². The van der Waals surface area contributed by atoms with Gasteiger partial charge in [-0.05, 0) is 55.5 Å². The highest BCUT2D eigenvalue weighted by Crippen LogP contribution is 2.30. The number of nitrogens with one attached hydrogen (secondary N) is 1. The Kier molecular flexibility index (Phi) is 8.79. The van der Waals surface area contributed by atoms with Gasteiger partial charge in [0.25, 0.3) is 0 Å². The molecule has 0 amide bonds. The van der Waals surface area contributed by atoms with Gasteiger partial charge in [0.1, 0.15) is 5.82 Å². The molecule has 0 radical (unpaired) electrons. The van der Waals surface area contributed by atoms with E-state index in [1.165, 1.54) is 0 Å². The van der Waals surface area contributed by atoms with Crippen LogP contribution < -0.4 is 5.32 Å². The van der Waals surface area contributed by atoms with Gasteiger partial charge >= 0.3 is 0 Å². The molecule has 7 nitrogen and oxygen atoms in total. The van der Waals surface area contributed by atoms with Crippen molar-refractivity contribution in [1.82, 2.24) is 15.3 Å². The fourth-order valence-electron chi connectivity index (χ4n) is 3.68. The molecular weight excluding hydrogens is 390 g/mol. The quantitative estimate of drug-likeness (QED) is 0.351. The molecule has 158 valence electrons. The molecule has 1 N–H and O–H groups in total. The van der Waals surface area contributed by atoms with Gasteiger partial charge in [-0.2, -0.15) is 0 Å². The summed E-state index contributed by atoms with van der Waals surface area (Å²) in [6.45, 7) is 2.87. The van der Waals surface area contributed by atoms with E-state index in [1.807, 2.05) is 0 Å². The maximum atomic E-state index is 11.8. The minimum Gasteiger partial charge on any atom is -0.382 e. The number of ether oxygens (including phenoxy) is 2. The van der Waals surface area contributed by atoms with Crippen molar-refractivity contribution in [3.05, 3.63) is 28.7 Å². The molecule has 0 bridgehead atoms. The predicted octanol–water partition coefficient (Wildman–Crippen LogP) is 2.40. The summed E-state index contributed by atoms with van der Waals surface area (Å²) in [6, 6.07) is 2.33. The van der Waals surface area contributed by atoms with Crippen LogP contribution in [0.4, 0.5) is 0 Å². The van der Waals surface area contributed by atoms with Gasteiger partial charge < -0.3 is 14.8 Å². The topological polar surface area (TPSA) is 90.4 Å². The second-order valence-electron chi connectivity index (χ2n) is 7.46. The molecule has 1 saturated carbocycles. The molecule has 2 fully saturated rings. The lowest BCUT2D eigenvalue weighted by atomic mass is 9.84. The van der Waals surface area contributed by atoms with E-state index in [9.17, 15) is 9.59 Å². The Morgan fingerprint density at radius 2 is 2.03 bits per heavy atom. The number of aromatic nitrogens is 2. The number of allylic oxidation sites excluding steroid dienone is 1. The molecule has 1 aromatic rings. The normalized spacial score (nSPS) is 23.8. The number of nitrogens with zero attached hydrogens (tertiary/aromatic N) is 2. The zero-order valence-corrected chi connectivity index (χ0v) is 17.7. The van der Waals surface area contributed by atoms with Crippen molar-refractivity contribution in [3.8, 4) is 0 Å². The van der Waals surface area contributed by atoms with Crippen molar-refractivity contribution in [3.63, 3.8) is 0 Å². The number of hydrogen-bond acceptors (Lipinski definition) is 8. The number of ketones is 1. The number of Topliss-reactive ketones (excluding diaryl/α,β-unsaturated/α-hetero) is 1. The minimum atomic E-state index is -0.116. The number of carbonyl (C=O) groups is 2. The Hall–Kier alpha value is -1.61. The van der Waals surface area contributed by atoms with Crippen LogP contribution in [0.25, 0.3) is 6.08 Å². The van der Waals surface area contributed by atoms with Crippen LogP contribution in [0.1, 0.15) is 43.6 Å². The first-order chi connectivity index (χ1) is 14.1. The van der Waals surface area contributed by atoms with Crippen molar-refractivity contribution >= 4 is 28.7 Å². The van der Waals surface area contributed by atoms with E-state index in [0.29, 0.717) is 42.4 Å². The van der Waals surface area contributed by atoms with Crippen LogP contribution in [-0.4, -0.2) is 60.4 Å². The fourth-order valence-corrected chi connectivity index (χ4v) is 4.49. The van der Waals surface area contributed by atoms with Crippen LogP contribution in [0.5, 0.6) is 0 Å². The van der Waals surface area contributed by atoms with Gasteiger partial charge in [0, 0.05) is 32.3 Å². The van der Waals surface area contributed by atoms with Crippen LogP contribution in [-0.2, 0) is 25.5 Å². The average molecular weight is 420 g/mol. The predicted molar refractivity (Wildman–Crippen MR) is 112 cm³/mol. The van der Waals surface area contributed by atoms with Crippen LogP contribution in [0.3, 0.4) is 0 Å². The zero-order chi connectivity index (χ0) is 20.5. The first-order valence-corrected chi connectivity index (χ1v) is 11.0. The van der Waals surface area contributed by atoms with E-state index in [1.54, 1.807) is 25.4 Å². The van der Waals surface area contributed by atoms with Gasteiger partial charge in [-0.25, -0.2) is 9.97 Å². The van der Waals surface area contributed by atoms with Gasteiger partial charge in [0.15, 0.2) is 5.78 Å². The molecule has 0 spiro atoms. The van der Waals surface area contributed by atoms with Gasteiger partial charge in [-0.15, -0.1) is 0 Å². The highest BCUT2D eigenvalue weighted by molar-refractivity contribution is 8.18. The highest BCUT2D eigenvalue weighted by Gasteiger charge is 2.26. The molecule has 2 heterocycles. The second-order valence-corrected chi connectivity index (χ2v) is 8.56. The van der Waals surface area contributed by atoms with Gasteiger partial charge in [-0.1, -0.05) is 0 Å². The number of rotatable bonds is 10. The van der Waals surface area contributed by atoms with Crippen LogP contribution >= 0.6 is 11.8 Å². The van der Waals surface area contributed by atoms with Gasteiger partial charge in [-0.3, -0.25) is 9.59 Å². The Morgan fingerprint density at radius 1 is 1.21 bits per heavy atom. The molecule has 1 aromatic heterocycles. The molecule has 29 heavy (non-hydrogen) atoms. The number of carbonyl (C=O) groups excluding carboxylic acids is 2. The standard InChI is InChI=1S/C21H29N3O4S/c1-27-10-11-28-9-8-22-16-4-2-15(3-5-16)12-20-23-7-6-17(24-20)13-19-18(25)14-21(26)29-19/h6-7,13,15-16,22H,2-5,8-12,14H2,1H3/b19-13-. The number of hydrogen-bond donors (Lipinski definition) is 1. The lowest BCUT2D eigenvalue weighted by Crippen LogP contribution is -2.35. The average Bonchev–Trinajstić information content (AvgIpc) is 3.03. The van der Waals surface area contributed by atoms with E-state index in [2.05, 4.69) is 15.3 Å². The largest absolute Gasteiger partial charge is 0.382 e. The Balaban J connectivity index is 1.41. The summed E-state index contributed by atoms with van der Waals surface area (Å²) in [5.41, 5.74) is 0.698. The summed E-state index contributed by atoms with van der Waals surface area (Å²) < 4.78 is 10.4. The molecule has 8 heteroatoms. The van der Waals surface area contributed by atoms with Gasteiger partial charge in [0.05, 0.1) is 36.8 Å². The van der Waals surface area contributed by atoms with E-state index in [-0.39, 0.29) is 17.3 Å². The number of thioether (sulfide) groups is 1. The highest BCUT2D eigenvalue weighted by atomic mass is 32.2. The SMILES string of the molecule is COCCOCCNC1CCC(Cc2nccc(/C=C3\SC(=O)CC3=O)n2)CC1. The molecule has 1 aliphatic carbocycles. The number of methoxy groups -OCH3 is 1. The summed E-state index contributed by atoms with van der Waals surface area (Å²) in [5, 5.41) is 3.48. The van der Waals surface area contributed by atoms with Crippen LogP contribution in [0, 0.1) is 5.92 Å².